The molecule has 21 heavy (non-hydrogen) atoms. The Morgan fingerprint density at radius 2 is 2.10 bits per heavy atom. The van der Waals surface area contributed by atoms with Gasteiger partial charge in [-0.05, 0) is 43.4 Å². The minimum absolute atomic E-state index is 0.0634. The number of hydrogen-bond donors (Lipinski definition) is 2. The Morgan fingerprint density at radius 3 is 2.81 bits per heavy atom. The molecule has 1 saturated carbocycles. The van der Waals surface area contributed by atoms with Gasteiger partial charge in [0, 0.05) is 23.8 Å². The maximum Gasteiger partial charge on any atom is 0.224 e. The molecule has 3 heteroatoms. The Bertz CT molecular complexity index is 484. The molecule has 1 aliphatic carbocycles. The lowest BCUT2D eigenvalue weighted by molar-refractivity contribution is -0.115. The summed E-state index contributed by atoms with van der Waals surface area (Å²) in [5, 5.41) is 6.63. The number of amides is 1. The van der Waals surface area contributed by atoms with Crippen molar-refractivity contribution in [3.63, 3.8) is 0 Å². The van der Waals surface area contributed by atoms with Crippen LogP contribution in [-0.2, 0) is 4.79 Å². The second kappa shape index (κ2) is 7.48. The van der Waals surface area contributed by atoms with Crippen LogP contribution in [0.1, 0.15) is 57.9 Å². The Hall–Kier alpha value is -1.51. The molecule has 116 valence electrons. The van der Waals surface area contributed by atoms with Crippen LogP contribution in [0.2, 0.25) is 0 Å². The molecule has 0 saturated heterocycles. The molecule has 0 spiro atoms. The minimum Gasteiger partial charge on any atom is -0.382 e. The summed E-state index contributed by atoms with van der Waals surface area (Å²) >= 11 is 0. The van der Waals surface area contributed by atoms with Crippen molar-refractivity contribution in [2.45, 2.75) is 65.3 Å². The quantitative estimate of drug-likeness (QED) is 0.822. The zero-order valence-electron chi connectivity index (χ0n) is 13.5. The van der Waals surface area contributed by atoms with Crippen molar-refractivity contribution in [3.8, 4) is 0 Å². The second-order valence-corrected chi connectivity index (χ2v) is 6.21. The normalized spacial score (nSPS) is 21.9. The summed E-state index contributed by atoms with van der Waals surface area (Å²) in [7, 11) is 0. The lowest BCUT2D eigenvalue weighted by Crippen LogP contribution is -2.27. The number of anilines is 2. The zero-order chi connectivity index (χ0) is 15.2. The molecule has 3 nitrogen and oxygen atoms in total. The Balaban J connectivity index is 2.04. The average molecular weight is 288 g/mol. The molecular weight excluding hydrogens is 260 g/mol. The largest absolute Gasteiger partial charge is 0.382 e. The van der Waals surface area contributed by atoms with Crippen molar-refractivity contribution in [2.24, 2.45) is 5.92 Å². The number of nitrogens with one attached hydrogen (secondary N) is 2. The highest BCUT2D eigenvalue weighted by Gasteiger charge is 2.21. The van der Waals surface area contributed by atoms with Crippen molar-refractivity contribution in [1.29, 1.82) is 0 Å². The van der Waals surface area contributed by atoms with Gasteiger partial charge in [0.05, 0.1) is 0 Å². The van der Waals surface area contributed by atoms with Crippen LogP contribution in [0.25, 0.3) is 0 Å². The van der Waals surface area contributed by atoms with E-state index in [0.29, 0.717) is 12.5 Å². The summed E-state index contributed by atoms with van der Waals surface area (Å²) < 4.78 is 0. The van der Waals surface area contributed by atoms with E-state index in [1.807, 2.05) is 13.0 Å². The van der Waals surface area contributed by atoms with Crippen molar-refractivity contribution in [2.75, 3.05) is 10.6 Å². The molecule has 0 heterocycles. The fraction of sp³-hybridized carbons (Fsp3) is 0.611. The summed E-state index contributed by atoms with van der Waals surface area (Å²) in [5.41, 5.74) is 3.28. The van der Waals surface area contributed by atoms with E-state index in [4.69, 9.17) is 0 Å². The van der Waals surface area contributed by atoms with E-state index in [1.165, 1.54) is 37.7 Å². The lowest BCUT2D eigenvalue weighted by Gasteiger charge is -2.30. The SMILES string of the molecule is CCC(=O)Nc1ccc(C)c(NC2CCCC(CC)C2)c1. The molecule has 1 aromatic rings. The molecule has 1 aromatic carbocycles. The van der Waals surface area contributed by atoms with Crippen LogP contribution in [0.15, 0.2) is 18.2 Å². The first kappa shape index (κ1) is 15.9. The highest BCUT2D eigenvalue weighted by Crippen LogP contribution is 2.30. The number of carbonyl (C=O) groups excluding carboxylic acids is 1. The van der Waals surface area contributed by atoms with Crippen molar-refractivity contribution >= 4 is 17.3 Å². The molecule has 2 unspecified atom stereocenters. The van der Waals surface area contributed by atoms with E-state index in [1.54, 1.807) is 0 Å². The van der Waals surface area contributed by atoms with Gasteiger partial charge < -0.3 is 10.6 Å². The molecule has 2 N–H and O–H groups in total. The van der Waals surface area contributed by atoms with Gasteiger partial charge in [0.25, 0.3) is 0 Å². The molecule has 1 fully saturated rings. The monoisotopic (exact) mass is 288 g/mol. The van der Waals surface area contributed by atoms with Crippen LogP contribution in [0.4, 0.5) is 11.4 Å². The van der Waals surface area contributed by atoms with Gasteiger partial charge in [-0.15, -0.1) is 0 Å². The summed E-state index contributed by atoms with van der Waals surface area (Å²) in [4.78, 5) is 11.5. The van der Waals surface area contributed by atoms with E-state index in [9.17, 15) is 4.79 Å². The van der Waals surface area contributed by atoms with E-state index in [-0.39, 0.29) is 5.91 Å². The number of carbonyl (C=O) groups is 1. The van der Waals surface area contributed by atoms with Gasteiger partial charge in [-0.25, -0.2) is 0 Å². The highest BCUT2D eigenvalue weighted by atomic mass is 16.1. The molecule has 0 aromatic heterocycles. The third kappa shape index (κ3) is 4.48. The van der Waals surface area contributed by atoms with Crippen LogP contribution in [-0.4, -0.2) is 11.9 Å². The first-order valence-electron chi connectivity index (χ1n) is 8.29. The third-order valence-electron chi connectivity index (χ3n) is 4.56. The fourth-order valence-electron chi connectivity index (χ4n) is 3.12. The summed E-state index contributed by atoms with van der Waals surface area (Å²) in [6, 6.07) is 6.69. The van der Waals surface area contributed by atoms with Crippen LogP contribution in [0.3, 0.4) is 0 Å². The molecule has 0 radical (unpaired) electrons. The van der Waals surface area contributed by atoms with Crippen LogP contribution < -0.4 is 10.6 Å². The maximum absolute atomic E-state index is 11.5. The van der Waals surface area contributed by atoms with E-state index >= 15 is 0 Å². The number of aryl methyl sites for hydroxylation is 1. The summed E-state index contributed by atoms with van der Waals surface area (Å²) in [6.07, 6.45) is 7.01. The van der Waals surface area contributed by atoms with Crippen LogP contribution >= 0.6 is 0 Å². The van der Waals surface area contributed by atoms with Gasteiger partial charge in [-0.3, -0.25) is 4.79 Å². The summed E-state index contributed by atoms with van der Waals surface area (Å²) in [5.74, 6) is 0.924. The summed E-state index contributed by atoms with van der Waals surface area (Å²) in [6.45, 7) is 6.28. The number of rotatable bonds is 5. The van der Waals surface area contributed by atoms with Crippen LogP contribution in [0, 0.1) is 12.8 Å². The van der Waals surface area contributed by atoms with Crippen molar-refractivity contribution in [3.05, 3.63) is 23.8 Å². The first-order chi connectivity index (χ1) is 10.1. The highest BCUT2D eigenvalue weighted by molar-refractivity contribution is 5.91. The maximum atomic E-state index is 11.5. The van der Waals surface area contributed by atoms with Crippen molar-refractivity contribution in [1.82, 2.24) is 0 Å². The third-order valence-corrected chi connectivity index (χ3v) is 4.56. The lowest BCUT2D eigenvalue weighted by atomic mass is 9.84. The standard InChI is InChI=1S/C18H28N2O/c1-4-14-7-6-8-15(11-14)19-17-12-16(10-9-13(17)3)20-18(21)5-2/h9-10,12,14-15,19H,4-8,11H2,1-3H3,(H,20,21). The fourth-order valence-corrected chi connectivity index (χ4v) is 3.12. The minimum atomic E-state index is 0.0634. The van der Waals surface area contributed by atoms with Crippen LogP contribution in [0.5, 0.6) is 0 Å². The smallest absolute Gasteiger partial charge is 0.224 e. The second-order valence-electron chi connectivity index (χ2n) is 6.21. The van der Waals surface area contributed by atoms with Gasteiger partial charge >= 0.3 is 0 Å². The predicted octanol–water partition coefficient (Wildman–Crippen LogP) is 4.72. The Labute approximate surface area is 128 Å². The van der Waals surface area contributed by atoms with Gasteiger partial charge in [0.1, 0.15) is 0 Å². The molecule has 1 aliphatic rings. The Morgan fingerprint density at radius 1 is 1.29 bits per heavy atom. The molecule has 1 amide bonds. The Kier molecular flexibility index (Phi) is 5.66. The average Bonchev–Trinajstić information content (AvgIpc) is 2.50. The van der Waals surface area contributed by atoms with Gasteiger partial charge in [-0.2, -0.15) is 0 Å². The van der Waals surface area contributed by atoms with Gasteiger partial charge in [-0.1, -0.05) is 39.2 Å². The molecular formula is C18H28N2O. The predicted molar refractivity (Wildman–Crippen MR) is 89.8 cm³/mol. The van der Waals surface area contributed by atoms with E-state index < -0.39 is 0 Å². The topological polar surface area (TPSA) is 41.1 Å². The molecule has 0 aliphatic heterocycles. The number of benzene rings is 1. The molecule has 0 bridgehead atoms. The first-order valence-corrected chi connectivity index (χ1v) is 8.29. The van der Waals surface area contributed by atoms with Gasteiger partial charge in [0.15, 0.2) is 0 Å². The molecule has 2 atom stereocenters. The van der Waals surface area contributed by atoms with Gasteiger partial charge in [0.2, 0.25) is 5.91 Å². The van der Waals surface area contributed by atoms with E-state index in [2.05, 4.69) is 36.6 Å². The molecule has 2 rings (SSSR count). The zero-order valence-corrected chi connectivity index (χ0v) is 13.5. The number of hydrogen-bond acceptors (Lipinski definition) is 2. The van der Waals surface area contributed by atoms with Crippen molar-refractivity contribution < 1.29 is 4.79 Å². The van der Waals surface area contributed by atoms with E-state index in [0.717, 1.165) is 17.3 Å².